The van der Waals surface area contributed by atoms with Crippen LogP contribution in [0.2, 0.25) is 0 Å². The number of aromatic nitrogens is 4. The Morgan fingerprint density at radius 2 is 0.925 bits per heavy atom. The third-order valence-electron chi connectivity index (χ3n) is 13.8. The standard InChI is InChI=1S/C61H34N4O2/c1-2-14-37-30-40(25-24-35(37)12-1)59-62-60(41-27-29-54-48(32-41)44-19-9-10-23-53(44)66-54)64-61(63-59)47-22-11-21-46-57-45-20-8-7-18-43(45)52(34-55(57)67-58(46)47)65-50-28-26-36-13-5-6-17-42(36)56(50)49-31-38-15-3-4-16-39(38)33-51(49)65/h1-34H. The summed E-state index contributed by atoms with van der Waals surface area (Å²) in [6, 6.07) is 72.8. The van der Waals surface area contributed by atoms with Crippen molar-refractivity contribution in [1.82, 2.24) is 19.5 Å². The van der Waals surface area contributed by atoms with Crippen LogP contribution in [0.25, 0.3) is 149 Å². The molecule has 0 fully saturated rings. The Balaban J connectivity index is 0.990. The average molecular weight is 855 g/mol. The fourth-order valence-electron chi connectivity index (χ4n) is 10.7. The summed E-state index contributed by atoms with van der Waals surface area (Å²) in [7, 11) is 0. The number of hydrogen-bond donors (Lipinski definition) is 0. The van der Waals surface area contributed by atoms with Crippen molar-refractivity contribution >= 4 is 109 Å². The minimum absolute atomic E-state index is 0.528. The van der Waals surface area contributed by atoms with Gasteiger partial charge < -0.3 is 13.4 Å². The zero-order chi connectivity index (χ0) is 43.7. The first-order valence-electron chi connectivity index (χ1n) is 22.6. The zero-order valence-electron chi connectivity index (χ0n) is 35.7. The highest BCUT2D eigenvalue weighted by Gasteiger charge is 2.23. The number of benzene rings is 11. The molecule has 0 bridgehead atoms. The van der Waals surface area contributed by atoms with Gasteiger partial charge in [-0.05, 0) is 92.3 Å². The van der Waals surface area contributed by atoms with Gasteiger partial charge in [-0.15, -0.1) is 0 Å². The van der Waals surface area contributed by atoms with Crippen LogP contribution >= 0.6 is 0 Å². The van der Waals surface area contributed by atoms with Crippen LogP contribution in [-0.2, 0) is 0 Å². The molecule has 4 heterocycles. The summed E-state index contributed by atoms with van der Waals surface area (Å²) in [6.07, 6.45) is 0. The molecular weight excluding hydrogens is 821 g/mol. The molecule has 15 rings (SSSR count). The molecule has 0 saturated carbocycles. The van der Waals surface area contributed by atoms with Crippen molar-refractivity contribution in [2.24, 2.45) is 0 Å². The van der Waals surface area contributed by atoms with Gasteiger partial charge in [0.2, 0.25) is 0 Å². The normalized spacial score (nSPS) is 12.2. The van der Waals surface area contributed by atoms with Crippen molar-refractivity contribution in [1.29, 1.82) is 0 Å². The highest BCUT2D eigenvalue weighted by atomic mass is 16.3. The predicted octanol–water partition coefficient (Wildman–Crippen LogP) is 16.4. The van der Waals surface area contributed by atoms with E-state index in [0.29, 0.717) is 17.5 Å². The highest BCUT2D eigenvalue weighted by molar-refractivity contribution is 6.26. The molecule has 6 nitrogen and oxygen atoms in total. The Morgan fingerprint density at radius 3 is 1.76 bits per heavy atom. The van der Waals surface area contributed by atoms with Crippen LogP contribution in [0.15, 0.2) is 215 Å². The molecule has 6 heteroatoms. The molecule has 0 aliphatic heterocycles. The first kappa shape index (κ1) is 36.2. The maximum absolute atomic E-state index is 7.17. The number of fused-ring (bicyclic) bond motifs is 15. The lowest BCUT2D eigenvalue weighted by Gasteiger charge is -2.13. The molecular formula is C61H34N4O2. The summed E-state index contributed by atoms with van der Waals surface area (Å²) in [5.74, 6) is 1.67. The molecule has 310 valence electrons. The molecule has 11 aromatic carbocycles. The van der Waals surface area contributed by atoms with E-state index in [1.807, 2.05) is 30.3 Å². The van der Waals surface area contributed by atoms with Gasteiger partial charge >= 0.3 is 0 Å². The summed E-state index contributed by atoms with van der Waals surface area (Å²) in [5.41, 5.74) is 9.06. The second-order valence-electron chi connectivity index (χ2n) is 17.5. The van der Waals surface area contributed by atoms with E-state index in [2.05, 4.69) is 180 Å². The largest absolute Gasteiger partial charge is 0.456 e. The molecule has 67 heavy (non-hydrogen) atoms. The van der Waals surface area contributed by atoms with Crippen LogP contribution in [0.1, 0.15) is 0 Å². The Hall–Kier alpha value is -9.13. The summed E-state index contributed by atoms with van der Waals surface area (Å²) < 4.78 is 15.8. The summed E-state index contributed by atoms with van der Waals surface area (Å²) in [4.78, 5) is 15.7. The second-order valence-corrected chi connectivity index (χ2v) is 17.5. The van der Waals surface area contributed by atoms with Crippen LogP contribution in [0, 0.1) is 0 Å². The van der Waals surface area contributed by atoms with E-state index in [1.54, 1.807) is 0 Å². The van der Waals surface area contributed by atoms with Crippen LogP contribution in [0.3, 0.4) is 0 Å². The van der Waals surface area contributed by atoms with Crippen molar-refractivity contribution in [3.63, 3.8) is 0 Å². The molecule has 0 spiro atoms. The SMILES string of the molecule is c1ccc2cc(-c3nc(-c4ccc5oc6ccccc6c5c4)nc(-c4cccc5c4oc4cc(-n6c7cc8ccccc8cc7c7c8ccccc8ccc76)c6ccccc6c45)n3)ccc2c1. The molecule has 0 atom stereocenters. The maximum atomic E-state index is 7.17. The van der Waals surface area contributed by atoms with E-state index < -0.39 is 0 Å². The quantitative estimate of drug-likeness (QED) is 0.176. The van der Waals surface area contributed by atoms with Gasteiger partial charge in [0.1, 0.15) is 22.3 Å². The van der Waals surface area contributed by atoms with Crippen LogP contribution in [0.5, 0.6) is 0 Å². The first-order chi connectivity index (χ1) is 33.2. The van der Waals surface area contributed by atoms with Gasteiger partial charge in [0, 0.05) is 54.9 Å². The molecule has 15 aromatic rings. The minimum atomic E-state index is 0.528. The third-order valence-corrected chi connectivity index (χ3v) is 13.8. The first-order valence-corrected chi connectivity index (χ1v) is 22.6. The topological polar surface area (TPSA) is 69.9 Å². The summed E-state index contributed by atoms with van der Waals surface area (Å²) in [6.45, 7) is 0. The average Bonchev–Trinajstić information content (AvgIpc) is 4.06. The predicted molar refractivity (Wildman–Crippen MR) is 275 cm³/mol. The van der Waals surface area contributed by atoms with Gasteiger partial charge in [0.05, 0.1) is 22.3 Å². The minimum Gasteiger partial charge on any atom is -0.456 e. The lowest BCUT2D eigenvalue weighted by Crippen LogP contribution is -2.00. The van der Waals surface area contributed by atoms with Gasteiger partial charge in [0.15, 0.2) is 17.5 Å². The molecule has 0 amide bonds. The Morgan fingerprint density at radius 1 is 0.313 bits per heavy atom. The monoisotopic (exact) mass is 854 g/mol. The lowest BCUT2D eigenvalue weighted by molar-refractivity contribution is 0.669. The molecule has 0 radical (unpaired) electrons. The summed E-state index contributed by atoms with van der Waals surface area (Å²) >= 11 is 0. The number of para-hydroxylation sites is 2. The molecule has 0 saturated heterocycles. The van der Waals surface area contributed by atoms with Gasteiger partial charge in [-0.25, -0.2) is 15.0 Å². The molecule has 4 aromatic heterocycles. The summed E-state index contributed by atoms with van der Waals surface area (Å²) in [5, 5.41) is 15.9. The van der Waals surface area contributed by atoms with Gasteiger partial charge in [-0.1, -0.05) is 146 Å². The van der Waals surface area contributed by atoms with E-state index in [1.165, 1.54) is 32.3 Å². The van der Waals surface area contributed by atoms with E-state index >= 15 is 0 Å². The van der Waals surface area contributed by atoms with Crippen molar-refractivity contribution in [3.05, 3.63) is 206 Å². The van der Waals surface area contributed by atoms with E-state index in [9.17, 15) is 0 Å². The number of furan rings is 2. The lowest BCUT2D eigenvalue weighted by atomic mass is 10.0. The van der Waals surface area contributed by atoms with Crippen molar-refractivity contribution in [3.8, 4) is 39.9 Å². The number of nitrogens with zero attached hydrogens (tertiary/aromatic N) is 4. The van der Waals surface area contributed by atoms with E-state index in [-0.39, 0.29) is 0 Å². The molecule has 0 aliphatic rings. The molecule has 0 N–H and O–H groups in total. The molecule has 0 unspecified atom stereocenters. The Labute approximate surface area is 381 Å². The van der Waals surface area contributed by atoms with Crippen LogP contribution < -0.4 is 0 Å². The van der Waals surface area contributed by atoms with Crippen molar-refractivity contribution in [2.45, 2.75) is 0 Å². The van der Waals surface area contributed by atoms with Crippen molar-refractivity contribution < 1.29 is 8.83 Å². The Bertz CT molecular complexity index is 4590. The van der Waals surface area contributed by atoms with Crippen LogP contribution in [-0.4, -0.2) is 19.5 Å². The fraction of sp³-hybridized carbons (Fsp3) is 0. The van der Waals surface area contributed by atoms with Crippen molar-refractivity contribution in [2.75, 3.05) is 0 Å². The third kappa shape index (κ3) is 5.35. The molecule has 0 aliphatic carbocycles. The van der Waals surface area contributed by atoms with Gasteiger partial charge in [-0.3, -0.25) is 0 Å². The second kappa shape index (κ2) is 13.7. The van der Waals surface area contributed by atoms with Gasteiger partial charge in [0.25, 0.3) is 0 Å². The smallest absolute Gasteiger partial charge is 0.167 e. The zero-order valence-corrected chi connectivity index (χ0v) is 35.7. The van der Waals surface area contributed by atoms with E-state index in [4.69, 9.17) is 23.8 Å². The van der Waals surface area contributed by atoms with Crippen LogP contribution in [0.4, 0.5) is 0 Å². The maximum Gasteiger partial charge on any atom is 0.167 e. The Kier molecular flexibility index (Phi) is 7.40. The van der Waals surface area contributed by atoms with Gasteiger partial charge in [-0.2, -0.15) is 0 Å². The number of hydrogen-bond acceptors (Lipinski definition) is 5. The van der Waals surface area contributed by atoms with E-state index in [0.717, 1.165) is 98.8 Å². The number of rotatable bonds is 4. The highest BCUT2D eigenvalue weighted by Crippen LogP contribution is 2.45. The fourth-order valence-corrected chi connectivity index (χ4v) is 10.7.